The lowest BCUT2D eigenvalue weighted by Gasteiger charge is -2.25. The van der Waals surface area contributed by atoms with Crippen LogP contribution >= 0.6 is 0 Å². The normalized spacial score (nSPS) is 20.7. The molecule has 0 bridgehead atoms. The predicted octanol–water partition coefficient (Wildman–Crippen LogP) is 1.73. The van der Waals surface area contributed by atoms with Crippen molar-refractivity contribution in [1.29, 1.82) is 0 Å². The summed E-state index contributed by atoms with van der Waals surface area (Å²) < 4.78 is 22.9. The molecule has 0 heterocycles. The quantitative estimate of drug-likeness (QED) is 0.760. The van der Waals surface area contributed by atoms with Gasteiger partial charge in [-0.15, -0.1) is 0 Å². The van der Waals surface area contributed by atoms with Crippen LogP contribution < -0.4 is 5.32 Å². The van der Waals surface area contributed by atoms with Crippen molar-refractivity contribution >= 4 is 9.84 Å². The summed E-state index contributed by atoms with van der Waals surface area (Å²) in [6.07, 6.45) is 5.62. The highest BCUT2D eigenvalue weighted by atomic mass is 32.2. The van der Waals surface area contributed by atoms with E-state index in [9.17, 15) is 8.42 Å². The summed E-state index contributed by atoms with van der Waals surface area (Å²) in [7, 11) is -2.81. The van der Waals surface area contributed by atoms with E-state index in [1.165, 1.54) is 25.7 Å². The molecular weight excluding hydrogens is 210 g/mol. The van der Waals surface area contributed by atoms with Gasteiger partial charge in [-0.3, -0.25) is 0 Å². The van der Waals surface area contributed by atoms with Gasteiger partial charge in [-0.1, -0.05) is 19.8 Å². The van der Waals surface area contributed by atoms with Gasteiger partial charge in [0.1, 0.15) is 0 Å². The molecule has 0 radical (unpaired) electrons. The number of hydrogen-bond donors (Lipinski definition) is 1. The Kier molecular flexibility index (Phi) is 4.59. The Morgan fingerprint density at radius 3 is 2.33 bits per heavy atom. The molecule has 0 spiro atoms. The molecule has 1 aliphatic rings. The maximum absolute atomic E-state index is 11.5. The molecule has 0 amide bonds. The summed E-state index contributed by atoms with van der Waals surface area (Å²) in [4.78, 5) is 0. The first-order valence-corrected chi connectivity index (χ1v) is 7.75. The lowest BCUT2D eigenvalue weighted by Crippen LogP contribution is -2.42. The lowest BCUT2D eigenvalue weighted by atomic mass is 10.0. The second-order valence-electron chi connectivity index (χ2n) is 4.85. The molecule has 1 aliphatic carbocycles. The van der Waals surface area contributed by atoms with Gasteiger partial charge < -0.3 is 5.32 Å². The van der Waals surface area contributed by atoms with Crippen molar-refractivity contribution in [2.24, 2.45) is 0 Å². The molecule has 1 N–H and O–H groups in total. The minimum Gasteiger partial charge on any atom is -0.311 e. The minimum atomic E-state index is -2.81. The van der Waals surface area contributed by atoms with E-state index in [0.29, 0.717) is 12.3 Å². The maximum Gasteiger partial charge on any atom is 0.151 e. The van der Waals surface area contributed by atoms with E-state index in [-0.39, 0.29) is 11.3 Å². The first-order chi connectivity index (χ1) is 6.97. The van der Waals surface area contributed by atoms with E-state index in [0.717, 1.165) is 6.42 Å². The molecular formula is C11H23NO2S. The fraction of sp³-hybridized carbons (Fsp3) is 1.00. The molecule has 0 unspecified atom stereocenters. The third kappa shape index (κ3) is 4.51. The van der Waals surface area contributed by atoms with Crippen molar-refractivity contribution in [1.82, 2.24) is 5.32 Å². The highest BCUT2D eigenvalue weighted by Crippen LogP contribution is 2.28. The molecule has 15 heavy (non-hydrogen) atoms. The molecule has 3 nitrogen and oxygen atoms in total. The molecule has 0 aromatic rings. The summed E-state index contributed by atoms with van der Waals surface area (Å²) >= 11 is 0. The predicted molar refractivity (Wildman–Crippen MR) is 63.8 cm³/mol. The van der Waals surface area contributed by atoms with Gasteiger partial charge in [0.2, 0.25) is 0 Å². The molecule has 1 saturated carbocycles. The molecule has 90 valence electrons. The van der Waals surface area contributed by atoms with Crippen molar-refractivity contribution in [3.05, 3.63) is 0 Å². The molecule has 0 aliphatic heterocycles. The Morgan fingerprint density at radius 2 is 1.80 bits per heavy atom. The van der Waals surface area contributed by atoms with E-state index >= 15 is 0 Å². The van der Waals surface area contributed by atoms with E-state index in [1.54, 1.807) is 0 Å². The van der Waals surface area contributed by atoms with Crippen LogP contribution in [0.3, 0.4) is 0 Å². The van der Waals surface area contributed by atoms with Crippen LogP contribution in [-0.4, -0.2) is 32.0 Å². The third-order valence-electron chi connectivity index (χ3n) is 3.19. The SMILES string of the molecule is CCCS(=O)(=O)CCNC1(C)CCCC1. The first-order valence-electron chi connectivity index (χ1n) is 5.93. The van der Waals surface area contributed by atoms with Gasteiger partial charge in [0.05, 0.1) is 5.75 Å². The summed E-state index contributed by atoms with van der Waals surface area (Å²) in [6, 6.07) is 0. The van der Waals surface area contributed by atoms with Gasteiger partial charge in [0.15, 0.2) is 9.84 Å². The van der Waals surface area contributed by atoms with Crippen LogP contribution in [-0.2, 0) is 9.84 Å². The number of nitrogens with one attached hydrogen (secondary N) is 1. The van der Waals surface area contributed by atoms with Crippen LogP contribution in [0.15, 0.2) is 0 Å². The van der Waals surface area contributed by atoms with Gasteiger partial charge in [-0.05, 0) is 26.2 Å². The summed E-state index contributed by atoms with van der Waals surface area (Å²) in [5, 5.41) is 3.39. The Morgan fingerprint density at radius 1 is 1.20 bits per heavy atom. The monoisotopic (exact) mass is 233 g/mol. The third-order valence-corrected chi connectivity index (χ3v) is 5.04. The van der Waals surface area contributed by atoms with Crippen molar-refractivity contribution in [2.45, 2.75) is 51.5 Å². The van der Waals surface area contributed by atoms with Crippen molar-refractivity contribution in [3.8, 4) is 0 Å². The van der Waals surface area contributed by atoms with Gasteiger partial charge in [-0.25, -0.2) is 8.42 Å². The second kappa shape index (κ2) is 5.30. The number of hydrogen-bond acceptors (Lipinski definition) is 3. The zero-order chi connectivity index (χ0) is 11.4. The lowest BCUT2D eigenvalue weighted by molar-refractivity contribution is 0.375. The average molecular weight is 233 g/mol. The van der Waals surface area contributed by atoms with E-state index < -0.39 is 9.84 Å². The van der Waals surface area contributed by atoms with E-state index in [4.69, 9.17) is 0 Å². The maximum atomic E-state index is 11.5. The van der Waals surface area contributed by atoms with Crippen LogP contribution in [0, 0.1) is 0 Å². The summed E-state index contributed by atoms with van der Waals surface area (Å²) in [5.74, 6) is 0.613. The van der Waals surface area contributed by atoms with Crippen molar-refractivity contribution < 1.29 is 8.42 Å². The molecule has 4 heteroatoms. The summed E-state index contributed by atoms with van der Waals surface area (Å²) in [5.41, 5.74) is 0.196. The smallest absolute Gasteiger partial charge is 0.151 e. The molecule has 0 saturated heterocycles. The largest absolute Gasteiger partial charge is 0.311 e. The molecule has 0 aromatic heterocycles. The molecule has 0 atom stereocenters. The molecule has 1 fully saturated rings. The van der Waals surface area contributed by atoms with Crippen LogP contribution in [0.25, 0.3) is 0 Å². The highest BCUT2D eigenvalue weighted by molar-refractivity contribution is 7.91. The van der Waals surface area contributed by atoms with Crippen molar-refractivity contribution in [2.75, 3.05) is 18.1 Å². The summed E-state index contributed by atoms with van der Waals surface area (Å²) in [6.45, 7) is 4.72. The Bertz CT molecular complexity index is 279. The zero-order valence-electron chi connectivity index (χ0n) is 9.88. The Hall–Kier alpha value is -0.0900. The first kappa shape index (κ1) is 13.0. The minimum absolute atomic E-state index is 0.196. The fourth-order valence-electron chi connectivity index (χ4n) is 2.25. The zero-order valence-corrected chi connectivity index (χ0v) is 10.7. The van der Waals surface area contributed by atoms with Crippen LogP contribution in [0.5, 0.6) is 0 Å². The molecule has 1 rings (SSSR count). The number of sulfone groups is 1. The van der Waals surface area contributed by atoms with Crippen LogP contribution in [0.2, 0.25) is 0 Å². The van der Waals surface area contributed by atoms with Gasteiger partial charge >= 0.3 is 0 Å². The number of rotatable bonds is 6. The van der Waals surface area contributed by atoms with Gasteiger partial charge in [-0.2, -0.15) is 0 Å². The Labute approximate surface area is 93.6 Å². The second-order valence-corrected chi connectivity index (χ2v) is 7.15. The van der Waals surface area contributed by atoms with Crippen molar-refractivity contribution in [3.63, 3.8) is 0 Å². The standard InChI is InChI=1S/C11H23NO2S/c1-3-9-15(13,14)10-8-12-11(2)6-4-5-7-11/h12H,3-10H2,1-2H3. The van der Waals surface area contributed by atoms with Gasteiger partial charge in [0, 0.05) is 17.8 Å². The topological polar surface area (TPSA) is 46.2 Å². The van der Waals surface area contributed by atoms with Crippen LogP contribution in [0.1, 0.15) is 46.0 Å². The average Bonchev–Trinajstić information content (AvgIpc) is 2.51. The fourth-order valence-corrected chi connectivity index (χ4v) is 3.49. The Balaban J connectivity index is 2.26. The van der Waals surface area contributed by atoms with E-state index in [1.807, 2.05) is 6.92 Å². The van der Waals surface area contributed by atoms with E-state index in [2.05, 4.69) is 12.2 Å². The highest BCUT2D eigenvalue weighted by Gasteiger charge is 2.27. The molecule has 0 aromatic carbocycles. The van der Waals surface area contributed by atoms with Crippen LogP contribution in [0.4, 0.5) is 0 Å². The van der Waals surface area contributed by atoms with Gasteiger partial charge in [0.25, 0.3) is 0 Å².